The van der Waals surface area contributed by atoms with Crippen molar-refractivity contribution in [3.63, 3.8) is 0 Å². The first kappa shape index (κ1) is 13.4. The summed E-state index contributed by atoms with van der Waals surface area (Å²) in [7, 11) is 0. The lowest BCUT2D eigenvalue weighted by atomic mass is 10.1. The van der Waals surface area contributed by atoms with Crippen molar-refractivity contribution >= 4 is 27.5 Å². The Morgan fingerprint density at radius 2 is 2.22 bits per heavy atom. The van der Waals surface area contributed by atoms with Crippen LogP contribution in [-0.4, -0.2) is 25.0 Å². The molecular weight excluding hydrogens is 294 g/mol. The number of carbonyl (C=O) groups is 1. The van der Waals surface area contributed by atoms with Gasteiger partial charge in [-0.2, -0.15) is 0 Å². The molecule has 1 atom stereocenters. The molecule has 1 fully saturated rings. The summed E-state index contributed by atoms with van der Waals surface area (Å²) < 4.78 is 0.946. The molecule has 98 valence electrons. The van der Waals surface area contributed by atoms with Gasteiger partial charge >= 0.3 is 0 Å². The zero-order chi connectivity index (χ0) is 13.0. The van der Waals surface area contributed by atoms with Crippen LogP contribution in [0.25, 0.3) is 0 Å². The number of nitrogens with two attached hydrogens (primary N) is 1. The second-order valence-corrected chi connectivity index (χ2v) is 5.49. The molecule has 1 amide bonds. The van der Waals surface area contributed by atoms with E-state index in [1.165, 1.54) is 0 Å². The van der Waals surface area contributed by atoms with Gasteiger partial charge < -0.3 is 16.4 Å². The highest BCUT2D eigenvalue weighted by molar-refractivity contribution is 9.10. The minimum absolute atomic E-state index is 0.392. The summed E-state index contributed by atoms with van der Waals surface area (Å²) in [5.41, 5.74) is 6.77. The lowest BCUT2D eigenvalue weighted by molar-refractivity contribution is 0.100. The Labute approximate surface area is 115 Å². The van der Waals surface area contributed by atoms with Crippen LogP contribution in [0.3, 0.4) is 0 Å². The second kappa shape index (κ2) is 6.20. The van der Waals surface area contributed by atoms with E-state index in [1.54, 1.807) is 6.07 Å². The first-order valence-corrected chi connectivity index (χ1v) is 7.03. The molecule has 0 aromatic heterocycles. The monoisotopic (exact) mass is 311 g/mol. The van der Waals surface area contributed by atoms with Crippen molar-refractivity contribution in [2.45, 2.75) is 25.3 Å². The summed E-state index contributed by atoms with van der Waals surface area (Å²) >= 11 is 3.42. The third-order valence-corrected chi connectivity index (χ3v) is 3.68. The SMILES string of the molecule is NC(=O)c1ccc(Br)cc1NC1CCCNCC1. The van der Waals surface area contributed by atoms with Crippen LogP contribution in [0, 0.1) is 0 Å². The Morgan fingerprint density at radius 3 is 3.00 bits per heavy atom. The summed E-state index contributed by atoms with van der Waals surface area (Å²) in [5.74, 6) is -0.392. The lowest BCUT2D eigenvalue weighted by Crippen LogP contribution is -2.23. The van der Waals surface area contributed by atoms with Crippen LogP contribution in [0.5, 0.6) is 0 Å². The Bertz CT molecular complexity index is 428. The van der Waals surface area contributed by atoms with Crippen molar-refractivity contribution in [1.82, 2.24) is 5.32 Å². The number of amides is 1. The number of anilines is 1. The molecule has 1 saturated heterocycles. The van der Waals surface area contributed by atoms with Crippen LogP contribution in [-0.2, 0) is 0 Å². The molecule has 1 aromatic rings. The Balaban J connectivity index is 2.15. The van der Waals surface area contributed by atoms with Gasteiger partial charge in [-0.05, 0) is 50.6 Å². The normalized spacial score (nSPS) is 20.2. The molecule has 1 aliphatic rings. The van der Waals surface area contributed by atoms with E-state index in [2.05, 4.69) is 26.6 Å². The van der Waals surface area contributed by atoms with Crippen molar-refractivity contribution < 1.29 is 4.79 Å². The fraction of sp³-hybridized carbons (Fsp3) is 0.462. The topological polar surface area (TPSA) is 67.2 Å². The van der Waals surface area contributed by atoms with Gasteiger partial charge in [0, 0.05) is 16.2 Å². The van der Waals surface area contributed by atoms with Gasteiger partial charge in [-0.25, -0.2) is 0 Å². The van der Waals surface area contributed by atoms with E-state index in [9.17, 15) is 4.79 Å². The standard InChI is InChI=1S/C13H18BrN3O/c14-9-3-4-11(13(15)18)12(8-9)17-10-2-1-6-16-7-5-10/h3-4,8,10,16-17H,1-2,5-7H2,(H2,15,18). The third-order valence-electron chi connectivity index (χ3n) is 3.18. The van der Waals surface area contributed by atoms with E-state index in [0.29, 0.717) is 11.6 Å². The molecule has 4 N–H and O–H groups in total. The molecule has 1 aromatic carbocycles. The van der Waals surface area contributed by atoms with E-state index >= 15 is 0 Å². The molecule has 1 aliphatic heterocycles. The van der Waals surface area contributed by atoms with Crippen molar-refractivity contribution in [3.8, 4) is 0 Å². The van der Waals surface area contributed by atoms with Gasteiger partial charge in [-0.1, -0.05) is 15.9 Å². The number of benzene rings is 1. The third kappa shape index (κ3) is 3.46. The van der Waals surface area contributed by atoms with Gasteiger partial charge in [-0.15, -0.1) is 0 Å². The van der Waals surface area contributed by atoms with Gasteiger partial charge in [-0.3, -0.25) is 4.79 Å². The predicted octanol–water partition coefficient (Wildman–Crippen LogP) is 2.10. The number of hydrogen-bond donors (Lipinski definition) is 3. The number of nitrogens with one attached hydrogen (secondary N) is 2. The van der Waals surface area contributed by atoms with Crippen LogP contribution >= 0.6 is 15.9 Å². The van der Waals surface area contributed by atoms with E-state index in [0.717, 1.165) is 42.5 Å². The Morgan fingerprint density at radius 1 is 1.39 bits per heavy atom. The highest BCUT2D eigenvalue weighted by atomic mass is 79.9. The van der Waals surface area contributed by atoms with Crippen molar-refractivity contribution in [2.24, 2.45) is 5.73 Å². The van der Waals surface area contributed by atoms with E-state index in [1.807, 2.05) is 12.1 Å². The van der Waals surface area contributed by atoms with Gasteiger partial charge in [0.05, 0.1) is 5.56 Å². The molecule has 2 rings (SSSR count). The summed E-state index contributed by atoms with van der Waals surface area (Å²) in [5, 5.41) is 6.81. The van der Waals surface area contributed by atoms with Crippen LogP contribution in [0.2, 0.25) is 0 Å². The molecule has 1 unspecified atom stereocenters. The number of rotatable bonds is 3. The molecule has 0 radical (unpaired) electrons. The molecule has 0 saturated carbocycles. The minimum atomic E-state index is -0.392. The zero-order valence-corrected chi connectivity index (χ0v) is 11.8. The number of halogens is 1. The zero-order valence-electron chi connectivity index (χ0n) is 10.2. The van der Waals surface area contributed by atoms with Crippen molar-refractivity contribution in [2.75, 3.05) is 18.4 Å². The summed E-state index contributed by atoms with van der Waals surface area (Å²) in [4.78, 5) is 11.4. The smallest absolute Gasteiger partial charge is 0.250 e. The minimum Gasteiger partial charge on any atom is -0.382 e. The molecule has 18 heavy (non-hydrogen) atoms. The molecule has 1 heterocycles. The number of carbonyl (C=O) groups excluding carboxylic acids is 1. The second-order valence-electron chi connectivity index (χ2n) is 4.58. The average Bonchev–Trinajstić information content (AvgIpc) is 2.57. The molecule has 0 spiro atoms. The fourth-order valence-corrected chi connectivity index (χ4v) is 2.60. The molecule has 5 heteroatoms. The van der Waals surface area contributed by atoms with Crippen molar-refractivity contribution in [3.05, 3.63) is 28.2 Å². The maximum Gasteiger partial charge on any atom is 0.250 e. The number of hydrogen-bond acceptors (Lipinski definition) is 3. The van der Waals surface area contributed by atoms with E-state index in [4.69, 9.17) is 5.73 Å². The van der Waals surface area contributed by atoms with Crippen LogP contribution in [0.15, 0.2) is 22.7 Å². The van der Waals surface area contributed by atoms with Crippen LogP contribution in [0.4, 0.5) is 5.69 Å². The highest BCUT2D eigenvalue weighted by Gasteiger charge is 2.15. The summed E-state index contributed by atoms with van der Waals surface area (Å²) in [6.45, 7) is 2.08. The molecular formula is C13H18BrN3O. The van der Waals surface area contributed by atoms with Gasteiger partial charge in [0.2, 0.25) is 0 Å². The van der Waals surface area contributed by atoms with Gasteiger partial charge in [0.25, 0.3) is 5.91 Å². The Hall–Kier alpha value is -1.07. The average molecular weight is 312 g/mol. The van der Waals surface area contributed by atoms with Crippen molar-refractivity contribution in [1.29, 1.82) is 0 Å². The van der Waals surface area contributed by atoms with Gasteiger partial charge in [0.1, 0.15) is 0 Å². The maximum absolute atomic E-state index is 11.4. The highest BCUT2D eigenvalue weighted by Crippen LogP contribution is 2.23. The molecule has 0 bridgehead atoms. The molecule has 4 nitrogen and oxygen atoms in total. The molecule has 0 aliphatic carbocycles. The van der Waals surface area contributed by atoms with Crippen LogP contribution in [0.1, 0.15) is 29.6 Å². The lowest BCUT2D eigenvalue weighted by Gasteiger charge is -2.19. The quantitative estimate of drug-likeness (QED) is 0.801. The summed E-state index contributed by atoms with van der Waals surface area (Å²) in [6.07, 6.45) is 3.32. The van der Waals surface area contributed by atoms with Gasteiger partial charge in [0.15, 0.2) is 0 Å². The predicted molar refractivity (Wildman–Crippen MR) is 76.8 cm³/mol. The largest absolute Gasteiger partial charge is 0.382 e. The first-order valence-electron chi connectivity index (χ1n) is 6.23. The Kier molecular flexibility index (Phi) is 4.60. The maximum atomic E-state index is 11.4. The van der Waals surface area contributed by atoms with E-state index < -0.39 is 5.91 Å². The fourth-order valence-electron chi connectivity index (χ4n) is 2.23. The number of primary amides is 1. The summed E-state index contributed by atoms with van der Waals surface area (Å²) in [6, 6.07) is 5.90. The van der Waals surface area contributed by atoms with Crippen LogP contribution < -0.4 is 16.4 Å². The first-order chi connectivity index (χ1) is 8.66. The van der Waals surface area contributed by atoms with E-state index in [-0.39, 0.29) is 0 Å².